The Hall–Kier alpha value is -2.17. The maximum Gasteiger partial charge on any atom is 0.309 e. The zero-order valence-electron chi connectivity index (χ0n) is 11.1. The van der Waals surface area contributed by atoms with Crippen molar-refractivity contribution in [3.05, 3.63) is 42.1 Å². The van der Waals surface area contributed by atoms with Crippen LogP contribution in [0.25, 0.3) is 0 Å². The van der Waals surface area contributed by atoms with Crippen LogP contribution in [0.3, 0.4) is 0 Å². The molecular formula is C14H16FNO3. The van der Waals surface area contributed by atoms with Gasteiger partial charge in [-0.3, -0.25) is 4.79 Å². The van der Waals surface area contributed by atoms with Crippen LogP contribution in [0.1, 0.15) is 26.3 Å². The first-order valence-corrected chi connectivity index (χ1v) is 5.72. The number of halogens is 1. The van der Waals surface area contributed by atoms with Crippen LogP contribution in [0.2, 0.25) is 0 Å². The Morgan fingerprint density at radius 3 is 2.32 bits per heavy atom. The topological polar surface area (TPSA) is 47.9 Å². The monoisotopic (exact) mass is 265 g/mol. The lowest BCUT2D eigenvalue weighted by atomic mass is 10.2. The Kier molecular flexibility index (Phi) is 5.23. The molecule has 0 heterocycles. The Balaban J connectivity index is 2.97. The summed E-state index contributed by atoms with van der Waals surface area (Å²) < 4.78 is 22.5. The van der Waals surface area contributed by atoms with Crippen molar-refractivity contribution in [2.45, 2.75) is 27.1 Å². The first kappa shape index (κ1) is 14.9. The van der Waals surface area contributed by atoms with Crippen LogP contribution in [0.4, 0.5) is 4.39 Å². The largest absolute Gasteiger partial charge is 0.461 e. The summed E-state index contributed by atoms with van der Waals surface area (Å²) in [5, 5.41) is 0. The van der Waals surface area contributed by atoms with Crippen LogP contribution < -0.4 is 4.74 Å². The first-order valence-electron chi connectivity index (χ1n) is 5.72. The number of carbonyl (C=O) groups is 1. The van der Waals surface area contributed by atoms with E-state index < -0.39 is 12.3 Å². The van der Waals surface area contributed by atoms with Crippen LogP contribution in [-0.4, -0.2) is 18.2 Å². The van der Waals surface area contributed by atoms with E-state index in [-0.39, 0.29) is 5.90 Å². The zero-order valence-corrected chi connectivity index (χ0v) is 11.1. The van der Waals surface area contributed by atoms with Gasteiger partial charge in [-0.15, -0.1) is 0 Å². The molecule has 5 heteroatoms. The number of esters is 1. The van der Waals surface area contributed by atoms with Crippen LogP contribution in [-0.2, 0) is 9.53 Å². The number of allylic oxidation sites excluding steroid dienone is 1. The van der Waals surface area contributed by atoms with Crippen molar-refractivity contribution in [3.63, 3.8) is 0 Å². The van der Waals surface area contributed by atoms with Gasteiger partial charge in [0.1, 0.15) is 5.75 Å². The highest BCUT2D eigenvalue weighted by Crippen LogP contribution is 2.16. The molecule has 102 valence electrons. The summed E-state index contributed by atoms with van der Waals surface area (Å²) in [4.78, 5) is 15.1. The van der Waals surface area contributed by atoms with Crippen LogP contribution in [0.15, 0.2) is 41.5 Å². The SMILES string of the molecule is C=C(C)/N=C(\OC(C)=O)c1ccc(OC(C)F)cc1. The molecule has 0 radical (unpaired) electrons. The molecule has 1 unspecified atom stereocenters. The van der Waals surface area contributed by atoms with Crippen LogP contribution >= 0.6 is 0 Å². The van der Waals surface area contributed by atoms with Crippen molar-refractivity contribution in [1.29, 1.82) is 0 Å². The lowest BCUT2D eigenvalue weighted by Crippen LogP contribution is -2.11. The summed E-state index contributed by atoms with van der Waals surface area (Å²) in [6.07, 6.45) is -1.39. The second kappa shape index (κ2) is 6.68. The number of alkyl halides is 1. The van der Waals surface area contributed by atoms with Crippen molar-refractivity contribution >= 4 is 11.9 Å². The number of nitrogens with zero attached hydrogens (tertiary/aromatic N) is 1. The van der Waals surface area contributed by atoms with Crippen molar-refractivity contribution in [3.8, 4) is 5.75 Å². The molecule has 0 aliphatic rings. The standard InChI is InChI=1S/C14H16FNO3/c1-9(2)16-14(19-11(4)17)12-5-7-13(8-6-12)18-10(3)15/h5-8,10H,1H2,2-4H3/b16-14-. The van der Waals surface area contributed by atoms with Crippen LogP contribution in [0.5, 0.6) is 5.75 Å². The third-order valence-corrected chi connectivity index (χ3v) is 1.93. The number of ether oxygens (including phenoxy) is 2. The average molecular weight is 265 g/mol. The van der Waals surface area contributed by atoms with Crippen LogP contribution in [0, 0.1) is 0 Å². The van der Waals surface area contributed by atoms with E-state index in [1.807, 2.05) is 0 Å². The Labute approximate surface area is 111 Å². The minimum absolute atomic E-state index is 0.153. The summed E-state index contributed by atoms with van der Waals surface area (Å²) >= 11 is 0. The molecule has 0 spiro atoms. The zero-order chi connectivity index (χ0) is 14.4. The van der Waals surface area contributed by atoms with Gasteiger partial charge in [-0.05, 0) is 31.2 Å². The minimum atomic E-state index is -1.39. The van der Waals surface area contributed by atoms with Gasteiger partial charge in [0.2, 0.25) is 12.3 Å². The fourth-order valence-electron chi connectivity index (χ4n) is 1.32. The predicted octanol–water partition coefficient (Wildman–Crippen LogP) is 3.22. The highest BCUT2D eigenvalue weighted by molar-refractivity contribution is 6.00. The fourth-order valence-corrected chi connectivity index (χ4v) is 1.32. The number of rotatable bonds is 4. The summed E-state index contributed by atoms with van der Waals surface area (Å²) in [7, 11) is 0. The third kappa shape index (κ3) is 5.33. The molecule has 0 bridgehead atoms. The van der Waals surface area contributed by atoms with Gasteiger partial charge in [0.25, 0.3) is 0 Å². The molecule has 19 heavy (non-hydrogen) atoms. The minimum Gasteiger partial charge on any atom is -0.461 e. The molecule has 1 aromatic carbocycles. The summed E-state index contributed by atoms with van der Waals surface area (Å²) in [5.41, 5.74) is 1.09. The predicted molar refractivity (Wildman–Crippen MR) is 70.8 cm³/mol. The quantitative estimate of drug-likeness (QED) is 0.477. The first-order chi connectivity index (χ1) is 8.88. The Morgan fingerprint density at radius 2 is 1.89 bits per heavy atom. The Morgan fingerprint density at radius 1 is 1.32 bits per heavy atom. The summed E-state index contributed by atoms with van der Waals surface area (Å²) in [5.74, 6) is 0.0637. The lowest BCUT2D eigenvalue weighted by Gasteiger charge is -2.09. The van der Waals surface area contributed by atoms with E-state index in [1.165, 1.54) is 13.8 Å². The molecule has 0 aromatic heterocycles. The molecule has 1 aromatic rings. The lowest BCUT2D eigenvalue weighted by molar-refractivity contribution is -0.132. The van der Waals surface area contributed by atoms with E-state index in [0.29, 0.717) is 17.0 Å². The van der Waals surface area contributed by atoms with E-state index in [9.17, 15) is 9.18 Å². The van der Waals surface area contributed by atoms with E-state index in [0.717, 1.165) is 0 Å². The van der Waals surface area contributed by atoms with Crippen molar-refractivity contribution in [1.82, 2.24) is 0 Å². The smallest absolute Gasteiger partial charge is 0.309 e. The van der Waals surface area contributed by atoms with Gasteiger partial charge in [0, 0.05) is 25.1 Å². The highest BCUT2D eigenvalue weighted by atomic mass is 19.1. The van der Waals surface area contributed by atoms with Gasteiger partial charge in [-0.2, -0.15) is 0 Å². The molecule has 4 nitrogen and oxygen atoms in total. The number of hydrogen-bond donors (Lipinski definition) is 0. The Bertz CT molecular complexity index is 492. The maximum absolute atomic E-state index is 12.7. The van der Waals surface area contributed by atoms with Crippen molar-refractivity contribution in [2.75, 3.05) is 0 Å². The molecule has 0 amide bonds. The van der Waals surface area contributed by atoms with Gasteiger partial charge >= 0.3 is 5.97 Å². The van der Waals surface area contributed by atoms with E-state index >= 15 is 0 Å². The van der Waals surface area contributed by atoms with E-state index in [1.54, 1.807) is 31.2 Å². The third-order valence-electron chi connectivity index (χ3n) is 1.93. The summed E-state index contributed by atoms with van der Waals surface area (Å²) in [6.45, 7) is 7.90. The van der Waals surface area contributed by atoms with Gasteiger partial charge < -0.3 is 9.47 Å². The number of aliphatic imine (C=N–C) groups is 1. The van der Waals surface area contributed by atoms with Gasteiger partial charge in [-0.1, -0.05) is 6.58 Å². The van der Waals surface area contributed by atoms with Gasteiger partial charge in [0.15, 0.2) is 0 Å². The second-order valence-electron chi connectivity index (χ2n) is 3.93. The second-order valence-corrected chi connectivity index (χ2v) is 3.93. The highest BCUT2D eigenvalue weighted by Gasteiger charge is 2.09. The normalized spacial score (nSPS) is 12.7. The summed E-state index contributed by atoms with van der Waals surface area (Å²) in [6, 6.07) is 6.40. The van der Waals surface area contributed by atoms with E-state index in [4.69, 9.17) is 9.47 Å². The molecule has 1 rings (SSSR count). The molecule has 0 saturated carbocycles. The maximum atomic E-state index is 12.7. The number of hydrogen-bond acceptors (Lipinski definition) is 4. The van der Waals surface area contributed by atoms with Gasteiger partial charge in [0.05, 0.1) is 0 Å². The molecule has 0 N–H and O–H groups in total. The molecule has 0 aliphatic carbocycles. The molecule has 0 fully saturated rings. The van der Waals surface area contributed by atoms with E-state index in [2.05, 4.69) is 11.6 Å². The van der Waals surface area contributed by atoms with Crippen molar-refractivity contribution in [2.24, 2.45) is 4.99 Å². The van der Waals surface area contributed by atoms with Crippen molar-refractivity contribution < 1.29 is 18.7 Å². The van der Waals surface area contributed by atoms with Gasteiger partial charge in [-0.25, -0.2) is 9.38 Å². The average Bonchev–Trinajstić information content (AvgIpc) is 2.27. The fraction of sp³-hybridized carbons (Fsp3) is 0.286. The number of carbonyl (C=O) groups excluding carboxylic acids is 1. The molecule has 0 aliphatic heterocycles. The number of benzene rings is 1. The molecule has 1 atom stereocenters. The molecule has 0 saturated heterocycles. The molecular weight excluding hydrogens is 249 g/mol.